The lowest BCUT2D eigenvalue weighted by atomic mass is 9.84. The van der Waals surface area contributed by atoms with Gasteiger partial charge in [-0.3, -0.25) is 4.79 Å². The second-order valence-corrected chi connectivity index (χ2v) is 7.55. The summed E-state index contributed by atoms with van der Waals surface area (Å²) in [7, 11) is 0. The Morgan fingerprint density at radius 2 is 1.72 bits per heavy atom. The fraction of sp³-hybridized carbons (Fsp3) is 0.227. The molecule has 0 saturated carbocycles. The minimum atomic E-state index is -0.935. The maximum atomic E-state index is 13.0. The van der Waals surface area contributed by atoms with Gasteiger partial charge in [-0.25, -0.2) is 9.97 Å². The van der Waals surface area contributed by atoms with Crippen LogP contribution in [0.3, 0.4) is 0 Å². The number of aromatic nitrogens is 2. The molecule has 0 radical (unpaired) electrons. The molecular formula is C22H21ClN4O2. The van der Waals surface area contributed by atoms with Gasteiger partial charge in [0, 0.05) is 41.8 Å². The molecule has 0 bridgehead atoms. The highest BCUT2D eigenvalue weighted by Crippen LogP contribution is 2.34. The van der Waals surface area contributed by atoms with Crippen LogP contribution in [-0.4, -0.2) is 39.0 Å². The molecule has 2 N–H and O–H groups in total. The van der Waals surface area contributed by atoms with E-state index < -0.39 is 5.60 Å². The largest absolute Gasteiger partial charge is 0.385 e. The van der Waals surface area contributed by atoms with Crippen molar-refractivity contribution < 1.29 is 9.90 Å². The molecule has 29 heavy (non-hydrogen) atoms. The second-order valence-electron chi connectivity index (χ2n) is 7.11. The zero-order valence-electron chi connectivity index (χ0n) is 15.8. The summed E-state index contributed by atoms with van der Waals surface area (Å²) >= 11 is 5.94. The van der Waals surface area contributed by atoms with Crippen LogP contribution < -0.4 is 5.32 Å². The van der Waals surface area contributed by atoms with Crippen LogP contribution in [0.15, 0.2) is 67.0 Å². The van der Waals surface area contributed by atoms with Gasteiger partial charge >= 0.3 is 0 Å². The number of piperidine rings is 1. The molecule has 0 unspecified atom stereocenters. The molecule has 7 heteroatoms. The molecule has 2 aromatic carbocycles. The maximum absolute atomic E-state index is 13.0. The summed E-state index contributed by atoms with van der Waals surface area (Å²) in [5.74, 6) is 0.420. The molecule has 0 spiro atoms. The first-order chi connectivity index (χ1) is 14.0. The highest BCUT2D eigenvalue weighted by molar-refractivity contribution is 6.30. The van der Waals surface area contributed by atoms with Crippen molar-refractivity contribution in [2.24, 2.45) is 0 Å². The summed E-state index contributed by atoms with van der Waals surface area (Å²) in [6, 6.07) is 16.3. The molecule has 6 nitrogen and oxygen atoms in total. The first kappa shape index (κ1) is 19.4. The number of halogens is 1. The summed E-state index contributed by atoms with van der Waals surface area (Å²) in [5.41, 5.74) is 1.23. The quantitative estimate of drug-likeness (QED) is 0.682. The Bertz CT molecular complexity index is 987. The number of anilines is 2. The van der Waals surface area contributed by atoms with Crippen LogP contribution in [0.4, 0.5) is 11.6 Å². The Labute approximate surface area is 174 Å². The Morgan fingerprint density at radius 3 is 2.41 bits per heavy atom. The first-order valence-corrected chi connectivity index (χ1v) is 9.83. The van der Waals surface area contributed by atoms with E-state index in [1.165, 1.54) is 0 Å². The van der Waals surface area contributed by atoms with Crippen molar-refractivity contribution >= 4 is 29.1 Å². The number of hydrogen-bond donors (Lipinski definition) is 2. The van der Waals surface area contributed by atoms with E-state index in [1.54, 1.807) is 47.6 Å². The van der Waals surface area contributed by atoms with Crippen molar-refractivity contribution in [3.63, 3.8) is 0 Å². The number of carbonyl (C=O) groups excluding carboxylic acids is 1. The molecule has 1 aliphatic heterocycles. The smallest absolute Gasteiger partial charge is 0.253 e. The summed E-state index contributed by atoms with van der Waals surface area (Å²) in [6.45, 7) is 0.967. The molecule has 0 atom stereocenters. The van der Waals surface area contributed by atoms with Gasteiger partial charge in [-0.2, -0.15) is 0 Å². The number of amides is 1. The number of aliphatic hydroxyl groups is 1. The summed E-state index contributed by atoms with van der Waals surface area (Å²) in [6.07, 6.45) is 4.27. The van der Waals surface area contributed by atoms with Crippen LogP contribution in [0, 0.1) is 0 Å². The fourth-order valence-corrected chi connectivity index (χ4v) is 3.66. The fourth-order valence-electron chi connectivity index (χ4n) is 3.53. The van der Waals surface area contributed by atoms with Gasteiger partial charge in [0.1, 0.15) is 0 Å². The topological polar surface area (TPSA) is 78.4 Å². The molecule has 148 valence electrons. The van der Waals surface area contributed by atoms with E-state index in [-0.39, 0.29) is 5.91 Å². The average Bonchev–Trinajstić information content (AvgIpc) is 2.75. The van der Waals surface area contributed by atoms with Gasteiger partial charge in [-0.05, 0) is 54.8 Å². The van der Waals surface area contributed by atoms with E-state index in [9.17, 15) is 9.90 Å². The number of benzene rings is 2. The van der Waals surface area contributed by atoms with E-state index in [0.29, 0.717) is 42.5 Å². The monoisotopic (exact) mass is 408 g/mol. The lowest BCUT2D eigenvalue weighted by molar-refractivity contribution is -0.0211. The third-order valence-corrected chi connectivity index (χ3v) is 5.44. The van der Waals surface area contributed by atoms with Crippen molar-refractivity contribution in [1.82, 2.24) is 14.9 Å². The van der Waals surface area contributed by atoms with Crippen LogP contribution in [-0.2, 0) is 5.60 Å². The summed E-state index contributed by atoms with van der Waals surface area (Å²) < 4.78 is 0. The van der Waals surface area contributed by atoms with E-state index in [0.717, 1.165) is 11.3 Å². The van der Waals surface area contributed by atoms with Gasteiger partial charge < -0.3 is 15.3 Å². The highest BCUT2D eigenvalue weighted by Gasteiger charge is 2.35. The van der Waals surface area contributed by atoms with Gasteiger partial charge in [0.05, 0.1) is 5.60 Å². The molecule has 2 heterocycles. The van der Waals surface area contributed by atoms with Gasteiger partial charge in [-0.1, -0.05) is 29.8 Å². The third kappa shape index (κ3) is 4.39. The third-order valence-electron chi connectivity index (χ3n) is 5.19. The summed E-state index contributed by atoms with van der Waals surface area (Å²) in [5, 5.41) is 14.7. The van der Waals surface area contributed by atoms with Crippen LogP contribution in [0.25, 0.3) is 0 Å². The van der Waals surface area contributed by atoms with Crippen molar-refractivity contribution in [3.8, 4) is 0 Å². The molecule has 1 fully saturated rings. The van der Waals surface area contributed by atoms with Gasteiger partial charge in [0.15, 0.2) is 0 Å². The zero-order valence-corrected chi connectivity index (χ0v) is 16.5. The average molecular weight is 409 g/mol. The van der Waals surface area contributed by atoms with Crippen molar-refractivity contribution in [2.75, 3.05) is 18.4 Å². The molecule has 0 aliphatic carbocycles. The number of rotatable bonds is 4. The Hall–Kier alpha value is -2.96. The molecule has 1 amide bonds. The van der Waals surface area contributed by atoms with E-state index >= 15 is 0 Å². The van der Waals surface area contributed by atoms with Crippen LogP contribution in [0.2, 0.25) is 5.02 Å². The molecule has 3 aromatic rings. The van der Waals surface area contributed by atoms with E-state index in [4.69, 9.17) is 11.6 Å². The van der Waals surface area contributed by atoms with Crippen molar-refractivity contribution in [2.45, 2.75) is 18.4 Å². The lowest BCUT2D eigenvalue weighted by Crippen LogP contribution is -2.45. The molecule has 4 rings (SSSR count). The second kappa shape index (κ2) is 8.19. The van der Waals surface area contributed by atoms with Crippen LogP contribution >= 0.6 is 11.6 Å². The number of carbonyl (C=O) groups is 1. The zero-order chi connectivity index (χ0) is 20.3. The number of nitrogens with zero attached hydrogens (tertiary/aromatic N) is 3. The van der Waals surface area contributed by atoms with Crippen LogP contribution in [0.5, 0.6) is 0 Å². The molecule has 1 aliphatic rings. The molecule has 1 saturated heterocycles. The SMILES string of the molecule is O=C(c1cccc(Nc2ncccn2)c1)N1CCC(O)(c2ccc(Cl)cc2)CC1. The van der Waals surface area contributed by atoms with Gasteiger partial charge in [0.25, 0.3) is 5.91 Å². The van der Waals surface area contributed by atoms with Crippen LogP contribution in [0.1, 0.15) is 28.8 Å². The van der Waals surface area contributed by atoms with E-state index in [2.05, 4.69) is 15.3 Å². The highest BCUT2D eigenvalue weighted by atomic mass is 35.5. The Balaban J connectivity index is 1.43. The number of likely N-dealkylation sites (tertiary alicyclic amines) is 1. The normalized spacial score (nSPS) is 15.7. The Kier molecular flexibility index (Phi) is 5.47. The minimum Gasteiger partial charge on any atom is -0.385 e. The number of nitrogens with one attached hydrogen (secondary N) is 1. The first-order valence-electron chi connectivity index (χ1n) is 9.45. The van der Waals surface area contributed by atoms with Gasteiger partial charge in [-0.15, -0.1) is 0 Å². The maximum Gasteiger partial charge on any atom is 0.253 e. The van der Waals surface area contributed by atoms with Crippen molar-refractivity contribution in [1.29, 1.82) is 0 Å². The predicted molar refractivity (Wildman–Crippen MR) is 112 cm³/mol. The Morgan fingerprint density at radius 1 is 1.03 bits per heavy atom. The standard InChI is InChI=1S/C22H21ClN4O2/c23-18-7-5-17(6-8-18)22(29)9-13-27(14-10-22)20(28)16-3-1-4-19(15-16)26-21-24-11-2-12-25-21/h1-8,11-12,15,29H,9-10,13-14H2,(H,24,25,26). The molecular weight excluding hydrogens is 388 g/mol. The van der Waals surface area contributed by atoms with E-state index in [1.807, 2.05) is 24.3 Å². The molecule has 1 aromatic heterocycles. The van der Waals surface area contributed by atoms with Gasteiger partial charge in [0.2, 0.25) is 5.95 Å². The summed E-state index contributed by atoms with van der Waals surface area (Å²) in [4.78, 5) is 23.0. The van der Waals surface area contributed by atoms with Crippen molar-refractivity contribution in [3.05, 3.63) is 83.1 Å². The minimum absolute atomic E-state index is 0.0548. The predicted octanol–water partition coefficient (Wildman–Crippen LogP) is 4.00. The lowest BCUT2D eigenvalue weighted by Gasteiger charge is -2.38. The number of hydrogen-bond acceptors (Lipinski definition) is 5.